The van der Waals surface area contributed by atoms with E-state index in [1.54, 1.807) is 11.8 Å². The summed E-state index contributed by atoms with van der Waals surface area (Å²) in [5.41, 5.74) is 2.17. The van der Waals surface area contributed by atoms with E-state index in [0.717, 1.165) is 10.6 Å². The second kappa shape index (κ2) is 7.35. The molecule has 1 nitrogen and oxygen atoms in total. The van der Waals surface area contributed by atoms with Crippen molar-refractivity contribution in [2.75, 3.05) is 5.49 Å². The fourth-order valence-electron chi connectivity index (χ4n) is 2.84. The van der Waals surface area contributed by atoms with Crippen molar-refractivity contribution in [3.05, 3.63) is 71.6 Å². The third kappa shape index (κ3) is 3.56. The molecule has 0 amide bonds. The summed E-state index contributed by atoms with van der Waals surface area (Å²) in [7, 11) is -2.56. The monoisotopic (exact) mass is 328 g/mol. The van der Waals surface area contributed by atoms with Crippen molar-refractivity contribution in [2.45, 2.75) is 25.7 Å². The molecule has 0 aliphatic heterocycles. The number of allylic oxidation sites excluding steroid dienone is 1. The molecule has 1 aliphatic rings. The summed E-state index contributed by atoms with van der Waals surface area (Å²) in [5, 5.41) is 4.17. The summed E-state index contributed by atoms with van der Waals surface area (Å²) in [6.07, 6.45) is 5.05. The first-order valence-electron chi connectivity index (χ1n) is 7.79. The minimum absolute atomic E-state index is 0.643. The molecule has 0 aromatic heterocycles. The molecule has 1 fully saturated rings. The van der Waals surface area contributed by atoms with E-state index in [2.05, 4.69) is 5.41 Å². The van der Waals surface area contributed by atoms with Crippen molar-refractivity contribution in [2.24, 2.45) is 0 Å². The van der Waals surface area contributed by atoms with Gasteiger partial charge in [0.25, 0.3) is 0 Å². The highest BCUT2D eigenvalue weighted by molar-refractivity contribution is 8.10. The van der Waals surface area contributed by atoms with Gasteiger partial charge < -0.3 is 4.57 Å². The number of thioether (sulfide) groups is 1. The molecule has 3 heteroatoms. The molecule has 1 aliphatic carbocycles. The number of rotatable bonds is 5. The predicted octanol–water partition coefficient (Wildman–Crippen LogP) is 5.15. The van der Waals surface area contributed by atoms with Crippen LogP contribution >= 0.6 is 18.9 Å². The van der Waals surface area contributed by atoms with E-state index in [9.17, 15) is 4.57 Å². The molecular weight excluding hydrogens is 307 g/mol. The van der Waals surface area contributed by atoms with Gasteiger partial charge in [-0.05, 0) is 31.1 Å². The molecule has 2 aromatic rings. The predicted molar refractivity (Wildman–Crippen MR) is 98.8 cm³/mol. The van der Waals surface area contributed by atoms with E-state index < -0.39 is 7.14 Å². The van der Waals surface area contributed by atoms with Crippen LogP contribution in [0.1, 0.15) is 25.7 Å². The van der Waals surface area contributed by atoms with Crippen LogP contribution in [0.4, 0.5) is 0 Å². The quantitative estimate of drug-likeness (QED) is 0.706. The minimum atomic E-state index is -2.56. The van der Waals surface area contributed by atoms with Gasteiger partial charge in [0.2, 0.25) is 0 Å². The average Bonchev–Trinajstić information content (AvgIpc) is 3.10. The summed E-state index contributed by atoms with van der Waals surface area (Å²) in [4.78, 5) is 0. The zero-order valence-corrected chi connectivity index (χ0v) is 14.4. The largest absolute Gasteiger partial charge is 0.313 e. The van der Waals surface area contributed by atoms with Gasteiger partial charge in [0, 0.05) is 10.6 Å². The highest BCUT2D eigenvalue weighted by Gasteiger charge is 2.26. The average molecular weight is 328 g/mol. The normalized spacial score (nSPS) is 15.0. The zero-order chi connectivity index (χ0) is 15.3. The Morgan fingerprint density at radius 1 is 0.864 bits per heavy atom. The first kappa shape index (κ1) is 15.6. The van der Waals surface area contributed by atoms with Crippen molar-refractivity contribution in [3.63, 3.8) is 0 Å². The Labute approximate surface area is 137 Å². The molecule has 0 radical (unpaired) electrons. The van der Waals surface area contributed by atoms with Crippen molar-refractivity contribution < 1.29 is 4.57 Å². The SMILES string of the molecule is O=P(CSC=C1CCCC1)(c1ccccc1)c1ccccc1. The molecule has 0 saturated heterocycles. The van der Waals surface area contributed by atoms with Gasteiger partial charge in [0.15, 0.2) is 7.14 Å². The third-order valence-electron chi connectivity index (χ3n) is 4.10. The van der Waals surface area contributed by atoms with Crippen molar-refractivity contribution >= 4 is 29.5 Å². The van der Waals surface area contributed by atoms with Crippen molar-refractivity contribution in [1.29, 1.82) is 0 Å². The topological polar surface area (TPSA) is 17.1 Å². The van der Waals surface area contributed by atoms with Gasteiger partial charge in [-0.15, -0.1) is 11.8 Å². The Balaban J connectivity index is 1.87. The molecule has 114 valence electrons. The van der Waals surface area contributed by atoms with Crippen LogP contribution in [0.2, 0.25) is 0 Å². The minimum Gasteiger partial charge on any atom is -0.313 e. The lowest BCUT2D eigenvalue weighted by Gasteiger charge is -2.18. The highest BCUT2D eigenvalue weighted by Crippen LogP contribution is 2.47. The van der Waals surface area contributed by atoms with Gasteiger partial charge in [-0.2, -0.15) is 0 Å². The van der Waals surface area contributed by atoms with Crippen LogP contribution in [-0.2, 0) is 4.57 Å². The van der Waals surface area contributed by atoms with Crippen LogP contribution in [0, 0.1) is 0 Å². The van der Waals surface area contributed by atoms with Gasteiger partial charge >= 0.3 is 0 Å². The Morgan fingerprint density at radius 2 is 1.36 bits per heavy atom. The van der Waals surface area contributed by atoms with Gasteiger partial charge in [0.1, 0.15) is 0 Å². The Kier molecular flexibility index (Phi) is 5.23. The molecule has 3 rings (SSSR count). The molecule has 22 heavy (non-hydrogen) atoms. The first-order chi connectivity index (χ1) is 10.8. The van der Waals surface area contributed by atoms with Crippen LogP contribution in [-0.4, -0.2) is 5.49 Å². The zero-order valence-electron chi connectivity index (χ0n) is 12.7. The van der Waals surface area contributed by atoms with Gasteiger partial charge in [-0.1, -0.05) is 66.2 Å². The van der Waals surface area contributed by atoms with Gasteiger partial charge in [-0.3, -0.25) is 0 Å². The fourth-order valence-corrected chi connectivity index (χ4v) is 7.25. The van der Waals surface area contributed by atoms with Crippen molar-refractivity contribution in [3.8, 4) is 0 Å². The molecule has 0 spiro atoms. The van der Waals surface area contributed by atoms with Crippen molar-refractivity contribution in [1.82, 2.24) is 0 Å². The van der Waals surface area contributed by atoms with Gasteiger partial charge in [0.05, 0.1) is 5.49 Å². The molecule has 0 unspecified atom stereocenters. The Hall–Kier alpha value is -1.24. The summed E-state index contributed by atoms with van der Waals surface area (Å²) >= 11 is 1.72. The molecule has 0 atom stereocenters. The Bertz CT molecular complexity index is 628. The second-order valence-corrected chi connectivity index (χ2v) is 9.80. The highest BCUT2D eigenvalue weighted by atomic mass is 32.2. The number of benzene rings is 2. The van der Waals surface area contributed by atoms with E-state index in [1.165, 1.54) is 31.3 Å². The summed E-state index contributed by atoms with van der Waals surface area (Å²) in [6, 6.07) is 19.9. The van der Waals surface area contributed by atoms with Crippen LogP contribution in [0.15, 0.2) is 71.6 Å². The maximum atomic E-state index is 13.7. The lowest BCUT2D eigenvalue weighted by atomic mass is 10.3. The molecular formula is C19H21OPS. The van der Waals surface area contributed by atoms with E-state index in [1.807, 2.05) is 60.7 Å². The summed E-state index contributed by atoms with van der Waals surface area (Å²) in [6.45, 7) is 0. The van der Waals surface area contributed by atoms with E-state index in [0.29, 0.717) is 5.49 Å². The third-order valence-corrected chi connectivity index (χ3v) is 8.91. The summed E-state index contributed by atoms with van der Waals surface area (Å²) in [5.74, 6) is 0. The maximum Gasteiger partial charge on any atom is 0.152 e. The lowest BCUT2D eigenvalue weighted by Crippen LogP contribution is -2.17. The number of hydrogen-bond donors (Lipinski definition) is 0. The van der Waals surface area contributed by atoms with Crippen LogP contribution in [0.3, 0.4) is 0 Å². The smallest absolute Gasteiger partial charge is 0.152 e. The maximum absolute atomic E-state index is 13.7. The molecule has 0 N–H and O–H groups in total. The molecule has 0 bridgehead atoms. The molecule has 0 heterocycles. The Morgan fingerprint density at radius 3 is 1.86 bits per heavy atom. The fraction of sp³-hybridized carbons (Fsp3) is 0.263. The molecule has 2 aromatic carbocycles. The van der Waals surface area contributed by atoms with Crippen LogP contribution < -0.4 is 10.6 Å². The van der Waals surface area contributed by atoms with E-state index >= 15 is 0 Å². The standard InChI is InChI=1S/C19H21OPS/c20-21(18-11-3-1-4-12-18,19-13-5-2-6-14-19)16-22-15-17-9-7-8-10-17/h1-6,11-15H,7-10,16H2. The van der Waals surface area contributed by atoms with E-state index in [4.69, 9.17) is 0 Å². The summed E-state index contributed by atoms with van der Waals surface area (Å²) < 4.78 is 13.7. The molecule has 1 saturated carbocycles. The van der Waals surface area contributed by atoms with Crippen LogP contribution in [0.5, 0.6) is 0 Å². The van der Waals surface area contributed by atoms with Gasteiger partial charge in [-0.25, -0.2) is 0 Å². The first-order valence-corrected chi connectivity index (χ1v) is 10.7. The lowest BCUT2D eigenvalue weighted by molar-refractivity contribution is 0.590. The van der Waals surface area contributed by atoms with E-state index in [-0.39, 0.29) is 0 Å². The van der Waals surface area contributed by atoms with Crippen LogP contribution in [0.25, 0.3) is 0 Å². The second-order valence-electron chi connectivity index (χ2n) is 5.69. The number of hydrogen-bond acceptors (Lipinski definition) is 2.